The molecule has 5 heteroatoms. The zero-order chi connectivity index (χ0) is 18.4. The van der Waals surface area contributed by atoms with Crippen LogP contribution in [0.2, 0.25) is 0 Å². The second-order valence-corrected chi connectivity index (χ2v) is 6.85. The molecule has 2 rings (SSSR count). The number of allylic oxidation sites excluding steroid dienone is 2. The zero-order valence-electron chi connectivity index (χ0n) is 13.8. The predicted molar refractivity (Wildman–Crippen MR) is 96.2 cm³/mol. The van der Waals surface area contributed by atoms with Gasteiger partial charge in [-0.2, -0.15) is 8.78 Å². The van der Waals surface area contributed by atoms with Gasteiger partial charge in [-0.25, -0.2) is 8.78 Å². The summed E-state index contributed by atoms with van der Waals surface area (Å²) in [5.74, 6) is -2.48. The second kappa shape index (κ2) is 8.65. The lowest BCUT2D eigenvalue weighted by atomic mass is 10.0. The standard InChI is InChI=1S/C20H19BrF4/c1-2-3-4-5-14-6-8-15(9-7-14)10-11-16-12-17(22)19(18(23)13-16)20(21,24)25/h2-3,6-9,12-13H,4-5,10-11H2,1H3/b3-2+. The van der Waals surface area contributed by atoms with Gasteiger partial charge in [0.15, 0.2) is 0 Å². The Bertz CT molecular complexity index is 707. The fourth-order valence-electron chi connectivity index (χ4n) is 2.62. The summed E-state index contributed by atoms with van der Waals surface area (Å²) in [6.07, 6.45) is 7.03. The van der Waals surface area contributed by atoms with Gasteiger partial charge in [0.25, 0.3) is 0 Å². The minimum absolute atomic E-state index is 0.354. The molecular formula is C20H19BrF4. The van der Waals surface area contributed by atoms with Gasteiger partial charge < -0.3 is 0 Å². The van der Waals surface area contributed by atoms with Crippen LogP contribution in [0.3, 0.4) is 0 Å². The van der Waals surface area contributed by atoms with Gasteiger partial charge in [0.2, 0.25) is 0 Å². The molecule has 0 spiro atoms. The summed E-state index contributed by atoms with van der Waals surface area (Å²) in [5.41, 5.74) is 1.36. The molecule has 134 valence electrons. The van der Waals surface area contributed by atoms with Crippen LogP contribution in [0.15, 0.2) is 48.6 Å². The average molecular weight is 415 g/mol. The van der Waals surface area contributed by atoms with Crippen molar-refractivity contribution in [1.29, 1.82) is 0 Å². The molecule has 25 heavy (non-hydrogen) atoms. The number of halogens is 5. The van der Waals surface area contributed by atoms with E-state index in [1.165, 1.54) is 5.56 Å². The van der Waals surface area contributed by atoms with Crippen LogP contribution in [0.1, 0.15) is 35.6 Å². The van der Waals surface area contributed by atoms with Crippen molar-refractivity contribution >= 4 is 15.9 Å². The molecule has 0 fully saturated rings. The number of rotatable bonds is 7. The highest BCUT2D eigenvalue weighted by Crippen LogP contribution is 2.38. The molecule has 0 nitrogen and oxygen atoms in total. The molecule has 2 aromatic carbocycles. The summed E-state index contributed by atoms with van der Waals surface area (Å²) in [5, 5.41) is 0. The van der Waals surface area contributed by atoms with Gasteiger partial charge in [-0.05, 0) is 77.4 Å². The largest absolute Gasteiger partial charge is 0.332 e. The van der Waals surface area contributed by atoms with Gasteiger partial charge in [0.1, 0.15) is 17.2 Å². The molecule has 0 unspecified atom stereocenters. The molecule has 0 saturated heterocycles. The summed E-state index contributed by atoms with van der Waals surface area (Å²) < 4.78 is 53.8. The average Bonchev–Trinajstić information content (AvgIpc) is 2.52. The van der Waals surface area contributed by atoms with Crippen LogP contribution in [-0.4, -0.2) is 0 Å². The maximum atomic E-state index is 13.8. The van der Waals surface area contributed by atoms with Crippen LogP contribution in [0, 0.1) is 11.6 Å². The van der Waals surface area contributed by atoms with E-state index in [4.69, 9.17) is 0 Å². The van der Waals surface area contributed by atoms with E-state index < -0.39 is 22.0 Å². The number of benzene rings is 2. The Morgan fingerprint density at radius 3 is 1.84 bits per heavy atom. The van der Waals surface area contributed by atoms with Crippen LogP contribution >= 0.6 is 15.9 Å². The van der Waals surface area contributed by atoms with Gasteiger partial charge in [0.05, 0.1) is 0 Å². The Hall–Kier alpha value is -1.62. The van der Waals surface area contributed by atoms with Gasteiger partial charge >= 0.3 is 4.83 Å². The third kappa shape index (κ3) is 5.70. The van der Waals surface area contributed by atoms with Crippen LogP contribution < -0.4 is 0 Å². The first kappa shape index (κ1) is 19.7. The van der Waals surface area contributed by atoms with E-state index >= 15 is 0 Å². The highest BCUT2D eigenvalue weighted by atomic mass is 79.9. The Labute approximate surface area is 153 Å². The van der Waals surface area contributed by atoms with Gasteiger partial charge in [-0.3, -0.25) is 0 Å². The van der Waals surface area contributed by atoms with Crippen LogP contribution in [0.25, 0.3) is 0 Å². The quantitative estimate of drug-likeness (QED) is 0.268. The topological polar surface area (TPSA) is 0 Å². The van der Waals surface area contributed by atoms with E-state index in [1.54, 1.807) is 0 Å². The Morgan fingerprint density at radius 1 is 0.880 bits per heavy atom. The normalized spacial score (nSPS) is 12.1. The third-order valence-corrected chi connectivity index (χ3v) is 4.34. The first-order valence-corrected chi connectivity index (χ1v) is 8.84. The summed E-state index contributed by atoms with van der Waals surface area (Å²) in [6.45, 7) is 1.99. The molecule has 0 bridgehead atoms. The highest BCUT2D eigenvalue weighted by molar-refractivity contribution is 9.09. The van der Waals surface area contributed by atoms with E-state index in [0.29, 0.717) is 18.4 Å². The fourth-order valence-corrected chi connectivity index (χ4v) is 3.00. The Balaban J connectivity index is 2.02. The second-order valence-electron chi connectivity index (χ2n) is 5.86. The summed E-state index contributed by atoms with van der Waals surface area (Å²) >= 11 is 2.00. The lowest BCUT2D eigenvalue weighted by Gasteiger charge is -2.12. The van der Waals surface area contributed by atoms with Crippen molar-refractivity contribution in [3.63, 3.8) is 0 Å². The van der Waals surface area contributed by atoms with Crippen molar-refractivity contribution in [2.45, 2.75) is 37.4 Å². The first-order valence-electron chi connectivity index (χ1n) is 8.05. The maximum Gasteiger partial charge on any atom is 0.332 e. The summed E-state index contributed by atoms with van der Waals surface area (Å²) in [4.78, 5) is -3.72. The smallest absolute Gasteiger partial charge is 0.206 e. The number of alkyl halides is 3. The summed E-state index contributed by atoms with van der Waals surface area (Å²) in [6, 6.07) is 9.98. The summed E-state index contributed by atoms with van der Waals surface area (Å²) in [7, 11) is 0. The van der Waals surface area contributed by atoms with Crippen LogP contribution in [0.4, 0.5) is 17.6 Å². The predicted octanol–water partition coefficient (Wildman–Crippen LogP) is 6.70. The zero-order valence-corrected chi connectivity index (χ0v) is 15.4. The SMILES string of the molecule is C/C=C/CCc1ccc(CCc2cc(F)c(C(F)(F)Br)c(F)c2)cc1. The molecule has 0 amide bonds. The van der Waals surface area contributed by atoms with Gasteiger partial charge in [-0.15, -0.1) is 0 Å². The number of aryl methyl sites for hydroxylation is 3. The number of hydrogen-bond donors (Lipinski definition) is 0. The Kier molecular flexibility index (Phi) is 6.82. The van der Waals surface area contributed by atoms with E-state index in [1.807, 2.05) is 53.2 Å². The van der Waals surface area contributed by atoms with Crippen molar-refractivity contribution < 1.29 is 17.6 Å². The van der Waals surface area contributed by atoms with Crippen molar-refractivity contribution in [2.75, 3.05) is 0 Å². The molecule has 0 radical (unpaired) electrons. The number of hydrogen-bond acceptors (Lipinski definition) is 0. The monoisotopic (exact) mass is 414 g/mol. The first-order chi connectivity index (χ1) is 11.8. The van der Waals surface area contributed by atoms with E-state index in [2.05, 4.69) is 6.08 Å². The van der Waals surface area contributed by atoms with Crippen LogP contribution in [-0.2, 0) is 24.1 Å². The van der Waals surface area contributed by atoms with Crippen molar-refractivity contribution in [1.82, 2.24) is 0 Å². The van der Waals surface area contributed by atoms with Gasteiger partial charge in [0, 0.05) is 0 Å². The van der Waals surface area contributed by atoms with Crippen LogP contribution in [0.5, 0.6) is 0 Å². The van der Waals surface area contributed by atoms with Crippen molar-refractivity contribution in [3.8, 4) is 0 Å². The van der Waals surface area contributed by atoms with E-state index in [-0.39, 0.29) is 0 Å². The molecule has 0 aliphatic rings. The van der Waals surface area contributed by atoms with Gasteiger partial charge in [-0.1, -0.05) is 36.4 Å². The minimum atomic E-state index is -3.72. The lowest BCUT2D eigenvalue weighted by Crippen LogP contribution is -2.10. The molecule has 0 atom stereocenters. The molecule has 0 aromatic heterocycles. The van der Waals surface area contributed by atoms with Crippen molar-refractivity contribution in [2.24, 2.45) is 0 Å². The molecule has 0 aliphatic heterocycles. The molecule has 0 N–H and O–H groups in total. The lowest BCUT2D eigenvalue weighted by molar-refractivity contribution is 0.105. The van der Waals surface area contributed by atoms with E-state index in [0.717, 1.165) is 30.5 Å². The fraction of sp³-hybridized carbons (Fsp3) is 0.300. The molecular weight excluding hydrogens is 396 g/mol. The highest BCUT2D eigenvalue weighted by Gasteiger charge is 2.34. The molecule has 0 saturated carbocycles. The molecule has 0 aliphatic carbocycles. The maximum absolute atomic E-state index is 13.8. The third-order valence-electron chi connectivity index (χ3n) is 3.95. The molecule has 0 heterocycles. The van der Waals surface area contributed by atoms with Crippen molar-refractivity contribution in [3.05, 3.63) is 82.4 Å². The Morgan fingerprint density at radius 2 is 1.36 bits per heavy atom. The van der Waals surface area contributed by atoms with E-state index in [9.17, 15) is 17.6 Å². The minimum Gasteiger partial charge on any atom is -0.206 e. The molecule has 2 aromatic rings.